The van der Waals surface area contributed by atoms with Crippen molar-refractivity contribution in [3.63, 3.8) is 0 Å². The van der Waals surface area contributed by atoms with Crippen molar-refractivity contribution in [3.05, 3.63) is 23.4 Å². The van der Waals surface area contributed by atoms with Crippen LogP contribution in [0.4, 0.5) is 5.82 Å². The first-order chi connectivity index (χ1) is 9.32. The number of aliphatic hydroxyl groups excluding tert-OH is 2. The van der Waals surface area contributed by atoms with Crippen molar-refractivity contribution in [2.24, 2.45) is 0 Å². The third-order valence-electron chi connectivity index (χ3n) is 2.59. The third-order valence-corrected chi connectivity index (χ3v) is 3.44. The number of carboxylic acids is 1. The van der Waals surface area contributed by atoms with E-state index in [1.807, 2.05) is 0 Å². The van der Waals surface area contributed by atoms with E-state index in [2.05, 4.69) is 4.98 Å². The lowest BCUT2D eigenvalue weighted by Gasteiger charge is -2.18. The Morgan fingerprint density at radius 2 is 2.10 bits per heavy atom. The van der Waals surface area contributed by atoms with Crippen LogP contribution in [-0.2, 0) is 4.79 Å². The van der Waals surface area contributed by atoms with E-state index in [4.69, 9.17) is 10.8 Å². The molecule has 0 aliphatic heterocycles. The minimum atomic E-state index is -1.28. The number of aliphatic hydroxyl groups is 2. The maximum absolute atomic E-state index is 10.9. The number of nitrogen functional groups attached to an aromatic ring is 1. The largest absolute Gasteiger partial charge is 0.478 e. The molecule has 1 aromatic heterocycles. The highest BCUT2D eigenvalue weighted by atomic mass is 32.2. The quantitative estimate of drug-likeness (QED) is 0.594. The number of anilines is 1. The molecule has 7 nitrogen and oxygen atoms in total. The van der Waals surface area contributed by atoms with Gasteiger partial charge in [0.05, 0.1) is 6.10 Å². The van der Waals surface area contributed by atoms with E-state index in [0.29, 0.717) is 5.75 Å². The van der Waals surface area contributed by atoms with Gasteiger partial charge in [0.25, 0.3) is 0 Å². The van der Waals surface area contributed by atoms with E-state index in [1.54, 1.807) is 0 Å². The average Bonchev–Trinajstić information content (AvgIpc) is 2.37. The number of carbonyl (C=O) groups excluding carboxylic acids is 1. The van der Waals surface area contributed by atoms with Gasteiger partial charge in [-0.3, -0.25) is 4.79 Å². The van der Waals surface area contributed by atoms with Crippen LogP contribution in [0.5, 0.6) is 0 Å². The summed E-state index contributed by atoms with van der Waals surface area (Å²) in [6.07, 6.45) is -0.992. The minimum Gasteiger partial charge on any atom is -0.478 e. The normalized spacial score (nSPS) is 13.8. The fourth-order valence-corrected chi connectivity index (χ4v) is 2.17. The van der Waals surface area contributed by atoms with Crippen LogP contribution < -0.4 is 5.73 Å². The summed E-state index contributed by atoms with van der Waals surface area (Å²) in [7, 11) is 0. The fourth-order valence-electron chi connectivity index (χ4n) is 1.53. The van der Waals surface area contributed by atoms with E-state index >= 15 is 0 Å². The zero-order valence-corrected chi connectivity index (χ0v) is 11.6. The van der Waals surface area contributed by atoms with Crippen molar-refractivity contribution in [3.8, 4) is 0 Å². The Morgan fingerprint density at radius 1 is 1.45 bits per heavy atom. The SMILES string of the molecule is CC(=O)SCCC(O)C(O)c1cnc(N)c(C(=O)O)c1. The van der Waals surface area contributed by atoms with Gasteiger partial charge in [0.15, 0.2) is 5.12 Å². The van der Waals surface area contributed by atoms with Gasteiger partial charge >= 0.3 is 5.97 Å². The Bertz CT molecular complexity index is 509. The van der Waals surface area contributed by atoms with E-state index in [0.717, 1.165) is 11.8 Å². The summed E-state index contributed by atoms with van der Waals surface area (Å²) in [5.41, 5.74) is 5.34. The number of nitrogens with zero attached hydrogens (tertiary/aromatic N) is 1. The minimum absolute atomic E-state index is 0.0750. The maximum atomic E-state index is 10.9. The number of hydrogen-bond donors (Lipinski definition) is 4. The summed E-state index contributed by atoms with van der Waals surface area (Å²) in [5.74, 6) is -1.05. The number of nitrogens with two attached hydrogens (primary N) is 1. The fraction of sp³-hybridized carbons (Fsp3) is 0.417. The van der Waals surface area contributed by atoms with Gasteiger partial charge < -0.3 is 21.1 Å². The van der Waals surface area contributed by atoms with Gasteiger partial charge in [-0.1, -0.05) is 11.8 Å². The van der Waals surface area contributed by atoms with E-state index in [-0.39, 0.29) is 28.5 Å². The maximum Gasteiger partial charge on any atom is 0.339 e. The molecule has 1 heterocycles. The molecule has 0 amide bonds. The molecule has 0 fully saturated rings. The van der Waals surface area contributed by atoms with Crippen LogP contribution in [0.1, 0.15) is 35.4 Å². The van der Waals surface area contributed by atoms with Gasteiger partial charge in [-0.15, -0.1) is 0 Å². The van der Waals surface area contributed by atoms with Gasteiger partial charge in [0.1, 0.15) is 17.5 Å². The Labute approximate surface area is 119 Å². The van der Waals surface area contributed by atoms with Gasteiger partial charge in [-0.05, 0) is 12.5 Å². The van der Waals surface area contributed by atoms with Crippen LogP contribution in [0, 0.1) is 0 Å². The monoisotopic (exact) mass is 300 g/mol. The van der Waals surface area contributed by atoms with Crippen molar-refractivity contribution < 1.29 is 24.9 Å². The lowest BCUT2D eigenvalue weighted by Crippen LogP contribution is -2.20. The number of hydrogen-bond acceptors (Lipinski definition) is 7. The first-order valence-electron chi connectivity index (χ1n) is 5.81. The molecular weight excluding hydrogens is 284 g/mol. The van der Waals surface area contributed by atoms with Gasteiger partial charge in [-0.2, -0.15) is 0 Å². The molecule has 2 unspecified atom stereocenters. The molecule has 20 heavy (non-hydrogen) atoms. The summed E-state index contributed by atoms with van der Waals surface area (Å²) < 4.78 is 0. The summed E-state index contributed by atoms with van der Waals surface area (Å²) in [6, 6.07) is 1.18. The highest BCUT2D eigenvalue weighted by Crippen LogP contribution is 2.22. The molecule has 0 saturated heterocycles. The molecule has 0 radical (unpaired) electrons. The molecule has 0 bridgehead atoms. The Kier molecular flexibility index (Phi) is 5.93. The molecule has 5 N–H and O–H groups in total. The van der Waals surface area contributed by atoms with Crippen LogP contribution in [0.15, 0.2) is 12.3 Å². The number of pyridine rings is 1. The second-order valence-electron chi connectivity index (χ2n) is 4.15. The molecular formula is C12H16N2O5S. The van der Waals surface area contributed by atoms with Gasteiger partial charge in [0, 0.05) is 24.4 Å². The van der Waals surface area contributed by atoms with Crippen molar-refractivity contribution in [1.29, 1.82) is 0 Å². The molecule has 1 aromatic rings. The zero-order valence-electron chi connectivity index (χ0n) is 10.8. The zero-order chi connectivity index (χ0) is 15.3. The highest BCUT2D eigenvalue weighted by Gasteiger charge is 2.21. The predicted molar refractivity (Wildman–Crippen MR) is 74.3 cm³/mol. The molecule has 110 valence electrons. The Hall–Kier alpha value is -1.64. The lowest BCUT2D eigenvalue weighted by atomic mass is 10.0. The second kappa shape index (κ2) is 7.22. The molecule has 0 aliphatic carbocycles. The Morgan fingerprint density at radius 3 is 2.65 bits per heavy atom. The second-order valence-corrected chi connectivity index (χ2v) is 5.42. The van der Waals surface area contributed by atoms with E-state index in [9.17, 15) is 19.8 Å². The number of rotatable bonds is 6. The van der Waals surface area contributed by atoms with Crippen molar-refractivity contribution in [2.75, 3.05) is 11.5 Å². The van der Waals surface area contributed by atoms with Gasteiger partial charge in [-0.25, -0.2) is 9.78 Å². The molecule has 2 atom stereocenters. The first-order valence-corrected chi connectivity index (χ1v) is 6.79. The predicted octanol–water partition coefficient (Wildman–Crippen LogP) is 0.426. The summed E-state index contributed by atoms with van der Waals surface area (Å²) >= 11 is 1.04. The van der Waals surface area contributed by atoms with Crippen LogP contribution in [-0.4, -0.2) is 43.2 Å². The molecule has 0 spiro atoms. The average molecular weight is 300 g/mol. The summed E-state index contributed by atoms with van der Waals surface area (Å²) in [4.78, 5) is 25.3. The topological polar surface area (TPSA) is 134 Å². The summed E-state index contributed by atoms with van der Waals surface area (Å²) in [6.45, 7) is 1.41. The molecule has 1 rings (SSSR count). The summed E-state index contributed by atoms with van der Waals surface area (Å²) in [5, 5.41) is 28.6. The lowest BCUT2D eigenvalue weighted by molar-refractivity contribution is -0.109. The van der Waals surface area contributed by atoms with Crippen molar-refractivity contribution in [1.82, 2.24) is 4.98 Å². The first kappa shape index (κ1) is 16.4. The van der Waals surface area contributed by atoms with E-state index < -0.39 is 18.2 Å². The van der Waals surface area contributed by atoms with Crippen LogP contribution in [0.2, 0.25) is 0 Å². The number of aromatic nitrogens is 1. The van der Waals surface area contributed by atoms with Crippen LogP contribution in [0.3, 0.4) is 0 Å². The van der Waals surface area contributed by atoms with Crippen LogP contribution >= 0.6 is 11.8 Å². The third kappa shape index (κ3) is 4.48. The van der Waals surface area contributed by atoms with Crippen molar-refractivity contribution >= 4 is 28.7 Å². The van der Waals surface area contributed by atoms with Gasteiger partial charge in [0.2, 0.25) is 0 Å². The Balaban J connectivity index is 2.76. The molecule has 0 aromatic carbocycles. The van der Waals surface area contributed by atoms with Crippen molar-refractivity contribution in [2.45, 2.75) is 25.6 Å². The number of thioether (sulfide) groups is 1. The molecule has 8 heteroatoms. The molecule has 0 saturated carbocycles. The number of carbonyl (C=O) groups is 2. The standard InChI is InChI=1S/C12H16N2O5S/c1-6(15)20-3-2-9(16)10(17)7-4-8(12(18)19)11(13)14-5-7/h4-5,9-10,16-17H,2-3H2,1H3,(H2,13,14)(H,18,19). The smallest absolute Gasteiger partial charge is 0.339 e. The highest BCUT2D eigenvalue weighted by molar-refractivity contribution is 8.13. The molecule has 0 aliphatic rings. The van der Waals surface area contributed by atoms with E-state index in [1.165, 1.54) is 19.2 Å². The van der Waals surface area contributed by atoms with Crippen LogP contribution in [0.25, 0.3) is 0 Å². The number of carboxylic acid groups (broad SMARTS) is 1. The number of aromatic carboxylic acids is 1.